The van der Waals surface area contributed by atoms with Gasteiger partial charge in [-0.05, 0) is 37.1 Å². The van der Waals surface area contributed by atoms with Gasteiger partial charge in [-0.25, -0.2) is 9.98 Å². The third-order valence-electron chi connectivity index (χ3n) is 5.60. The van der Waals surface area contributed by atoms with E-state index in [-0.39, 0.29) is 11.9 Å². The molecule has 3 aromatic rings. The Bertz CT molecular complexity index is 1220. The van der Waals surface area contributed by atoms with Gasteiger partial charge in [-0.2, -0.15) is 0 Å². The third kappa shape index (κ3) is 3.61. The van der Waals surface area contributed by atoms with Crippen molar-refractivity contribution in [1.29, 1.82) is 0 Å². The van der Waals surface area contributed by atoms with E-state index in [2.05, 4.69) is 16.0 Å². The predicted molar refractivity (Wildman–Crippen MR) is 123 cm³/mol. The van der Waals surface area contributed by atoms with Crippen molar-refractivity contribution in [3.05, 3.63) is 63.0 Å². The molecular formula is C23H21ClN4OS. The van der Waals surface area contributed by atoms with Crippen LogP contribution in [-0.2, 0) is 0 Å². The fourth-order valence-corrected chi connectivity index (χ4v) is 5.31. The van der Waals surface area contributed by atoms with Gasteiger partial charge in [-0.15, -0.1) is 0 Å². The summed E-state index contributed by atoms with van der Waals surface area (Å²) < 4.78 is 1.98. The van der Waals surface area contributed by atoms with E-state index in [4.69, 9.17) is 16.6 Å². The molecule has 0 bridgehead atoms. The molecule has 5 nitrogen and oxygen atoms in total. The van der Waals surface area contributed by atoms with E-state index < -0.39 is 0 Å². The van der Waals surface area contributed by atoms with Crippen molar-refractivity contribution in [2.45, 2.75) is 38.1 Å². The maximum absolute atomic E-state index is 11.2. The highest BCUT2D eigenvalue weighted by Gasteiger charge is 2.23. The molecular weight excluding hydrogens is 416 g/mol. The van der Waals surface area contributed by atoms with Crippen LogP contribution in [0, 0.1) is 0 Å². The molecule has 152 valence electrons. The van der Waals surface area contributed by atoms with Crippen LogP contribution in [0.15, 0.2) is 52.6 Å². The van der Waals surface area contributed by atoms with Gasteiger partial charge in [0.1, 0.15) is 5.69 Å². The largest absolute Gasteiger partial charge is 0.493 e. The number of benzene rings is 1. The van der Waals surface area contributed by atoms with Crippen LogP contribution in [0.1, 0.15) is 48.6 Å². The molecule has 1 aliphatic heterocycles. The summed E-state index contributed by atoms with van der Waals surface area (Å²) in [5.74, 6) is 0.260. The van der Waals surface area contributed by atoms with Gasteiger partial charge in [0.05, 0.1) is 10.6 Å². The molecule has 0 unspecified atom stereocenters. The van der Waals surface area contributed by atoms with Crippen LogP contribution in [0.25, 0.3) is 11.6 Å². The molecule has 1 aromatic carbocycles. The van der Waals surface area contributed by atoms with E-state index in [1.807, 2.05) is 47.2 Å². The van der Waals surface area contributed by atoms with Gasteiger partial charge in [0.15, 0.2) is 9.95 Å². The van der Waals surface area contributed by atoms with E-state index in [9.17, 15) is 5.11 Å². The number of thiazole rings is 1. The lowest BCUT2D eigenvalue weighted by Gasteiger charge is -2.23. The molecule has 0 atom stereocenters. The number of rotatable bonds is 3. The van der Waals surface area contributed by atoms with Gasteiger partial charge in [0.25, 0.3) is 0 Å². The molecule has 2 aliphatic rings. The van der Waals surface area contributed by atoms with Gasteiger partial charge in [0.2, 0.25) is 5.88 Å². The highest BCUT2D eigenvalue weighted by Crippen LogP contribution is 2.37. The van der Waals surface area contributed by atoms with Gasteiger partial charge >= 0.3 is 0 Å². The van der Waals surface area contributed by atoms with Gasteiger partial charge in [-0.1, -0.05) is 60.4 Å². The number of allylic oxidation sites excluding steroid dienone is 1. The fourth-order valence-electron chi connectivity index (χ4n) is 4.10. The van der Waals surface area contributed by atoms with Crippen LogP contribution >= 0.6 is 22.9 Å². The minimum Gasteiger partial charge on any atom is -0.493 e. The van der Waals surface area contributed by atoms with E-state index in [0.717, 1.165) is 52.2 Å². The Hall–Kier alpha value is -2.70. The molecule has 2 aromatic heterocycles. The topological polar surface area (TPSA) is 62.8 Å². The summed E-state index contributed by atoms with van der Waals surface area (Å²) in [6.07, 6.45) is 11.1. The summed E-state index contributed by atoms with van der Waals surface area (Å²) in [5.41, 5.74) is 3.62. The SMILES string of the molecule is Oc1c(/C=C2\C=Nc3ccccc32)sc(=Nc2cccnc2Cl)n1C1CCCCC1. The van der Waals surface area contributed by atoms with Crippen molar-refractivity contribution in [2.24, 2.45) is 9.98 Å². The number of halogens is 1. The molecule has 1 N–H and O–H groups in total. The van der Waals surface area contributed by atoms with Crippen molar-refractivity contribution in [3.8, 4) is 5.88 Å². The molecule has 30 heavy (non-hydrogen) atoms. The van der Waals surface area contributed by atoms with E-state index in [0.29, 0.717) is 10.8 Å². The van der Waals surface area contributed by atoms with Crippen molar-refractivity contribution in [2.75, 3.05) is 0 Å². The molecule has 0 amide bonds. The first kappa shape index (κ1) is 19.3. The second-order valence-corrected chi connectivity index (χ2v) is 8.90. The van der Waals surface area contributed by atoms with Crippen molar-refractivity contribution >= 4 is 52.2 Å². The van der Waals surface area contributed by atoms with Crippen LogP contribution in [0.2, 0.25) is 5.15 Å². The van der Waals surface area contributed by atoms with E-state index >= 15 is 0 Å². The monoisotopic (exact) mass is 436 g/mol. The smallest absolute Gasteiger partial charge is 0.211 e. The molecule has 1 aliphatic carbocycles. The minimum atomic E-state index is 0.237. The number of aromatic nitrogens is 2. The number of hydrogen-bond acceptors (Lipinski definition) is 5. The van der Waals surface area contributed by atoms with Crippen LogP contribution in [0.5, 0.6) is 5.88 Å². The first-order valence-corrected chi connectivity index (χ1v) is 11.3. The molecule has 3 heterocycles. The first-order valence-electron chi connectivity index (χ1n) is 10.2. The average molecular weight is 437 g/mol. The molecule has 0 radical (unpaired) electrons. The Kier molecular flexibility index (Phi) is 5.27. The number of aliphatic imine (C=N–C) groups is 1. The number of hydrogen-bond donors (Lipinski definition) is 1. The summed E-state index contributed by atoms with van der Waals surface area (Å²) in [4.78, 5) is 14.9. The van der Waals surface area contributed by atoms with Crippen LogP contribution < -0.4 is 4.80 Å². The highest BCUT2D eigenvalue weighted by molar-refractivity contribution is 7.10. The Balaban J connectivity index is 1.65. The Labute approximate surface area is 183 Å². The summed E-state index contributed by atoms with van der Waals surface area (Å²) >= 11 is 7.72. The normalized spacial score (nSPS) is 18.3. The predicted octanol–water partition coefficient (Wildman–Crippen LogP) is 6.30. The maximum Gasteiger partial charge on any atom is 0.211 e. The second kappa shape index (κ2) is 8.20. The third-order valence-corrected chi connectivity index (χ3v) is 6.88. The van der Waals surface area contributed by atoms with Gasteiger partial charge < -0.3 is 5.11 Å². The first-order chi connectivity index (χ1) is 14.7. The van der Waals surface area contributed by atoms with E-state index in [1.54, 1.807) is 6.20 Å². The van der Waals surface area contributed by atoms with Gasteiger partial charge in [-0.3, -0.25) is 9.56 Å². The number of fused-ring (bicyclic) bond motifs is 1. The molecule has 1 fully saturated rings. The van der Waals surface area contributed by atoms with Crippen molar-refractivity contribution < 1.29 is 5.11 Å². The average Bonchev–Trinajstić information content (AvgIpc) is 3.32. The zero-order valence-corrected chi connectivity index (χ0v) is 17.9. The number of nitrogens with zero attached hydrogens (tertiary/aromatic N) is 4. The zero-order valence-electron chi connectivity index (χ0n) is 16.3. The second-order valence-electron chi connectivity index (χ2n) is 7.53. The Morgan fingerprint density at radius 2 is 1.97 bits per heavy atom. The van der Waals surface area contributed by atoms with E-state index in [1.165, 1.54) is 17.8 Å². The molecule has 0 spiro atoms. The quantitative estimate of drug-likeness (QED) is 0.490. The van der Waals surface area contributed by atoms with Crippen LogP contribution in [0.3, 0.4) is 0 Å². The number of aromatic hydroxyl groups is 1. The van der Waals surface area contributed by atoms with Crippen molar-refractivity contribution in [1.82, 2.24) is 9.55 Å². The molecule has 5 rings (SSSR count). The number of para-hydroxylation sites is 1. The highest BCUT2D eigenvalue weighted by atomic mass is 35.5. The fraction of sp³-hybridized carbons (Fsp3) is 0.261. The maximum atomic E-state index is 11.2. The Morgan fingerprint density at radius 1 is 1.13 bits per heavy atom. The zero-order chi connectivity index (χ0) is 20.5. The minimum absolute atomic E-state index is 0.237. The lowest BCUT2D eigenvalue weighted by atomic mass is 9.95. The lowest BCUT2D eigenvalue weighted by molar-refractivity contribution is 0.307. The van der Waals surface area contributed by atoms with Crippen molar-refractivity contribution in [3.63, 3.8) is 0 Å². The summed E-state index contributed by atoms with van der Waals surface area (Å²) in [6, 6.07) is 11.9. The number of pyridine rings is 1. The summed E-state index contributed by atoms with van der Waals surface area (Å²) in [5, 5.41) is 11.6. The molecule has 7 heteroatoms. The summed E-state index contributed by atoms with van der Waals surface area (Å²) in [7, 11) is 0. The summed E-state index contributed by atoms with van der Waals surface area (Å²) in [6.45, 7) is 0. The van der Waals surface area contributed by atoms with Crippen LogP contribution in [0.4, 0.5) is 11.4 Å². The van der Waals surface area contributed by atoms with Crippen LogP contribution in [-0.4, -0.2) is 20.9 Å². The molecule has 0 saturated heterocycles. The van der Waals surface area contributed by atoms with Gasteiger partial charge in [0, 0.05) is 29.6 Å². The lowest BCUT2D eigenvalue weighted by Crippen LogP contribution is -2.22. The standard InChI is InChI=1S/C23H21ClN4OS/c24-21-19(11-6-12-25-21)27-23-28(16-7-2-1-3-8-16)22(29)20(30-23)13-15-14-26-18-10-5-4-9-17(15)18/h4-6,9-14,16,29H,1-3,7-8H2/b15-13+,27-23?. The molecule has 1 saturated carbocycles. The Morgan fingerprint density at radius 3 is 2.80 bits per heavy atom.